The van der Waals surface area contributed by atoms with Gasteiger partial charge in [0.15, 0.2) is 0 Å². The number of aliphatic hydroxyl groups is 5. The number of carbonyl (C=O) groups is 1. The summed E-state index contributed by atoms with van der Waals surface area (Å²) in [7, 11) is -5.00. The van der Waals surface area contributed by atoms with Crippen molar-refractivity contribution in [1.29, 1.82) is 0 Å². The van der Waals surface area contributed by atoms with Crippen LogP contribution in [-0.4, -0.2) is 98.9 Å². The van der Waals surface area contributed by atoms with Gasteiger partial charge < -0.3 is 39.9 Å². The van der Waals surface area contributed by atoms with E-state index in [0.29, 0.717) is 13.0 Å². The predicted molar refractivity (Wildman–Crippen MR) is 198 cm³/mol. The second-order valence-corrected chi connectivity index (χ2v) is 15.5. The molecule has 0 aliphatic heterocycles. The molecule has 302 valence electrons. The highest BCUT2D eigenvalue weighted by atomic mass is 31.2. The predicted octanol–water partition coefficient (Wildman–Crippen LogP) is 6.80. The van der Waals surface area contributed by atoms with Crippen molar-refractivity contribution in [2.75, 3.05) is 19.8 Å². The number of hydrogen-bond acceptors (Lipinski definition) is 11. The van der Waals surface area contributed by atoms with Gasteiger partial charge in [0.2, 0.25) is 0 Å². The Labute approximate surface area is 307 Å². The van der Waals surface area contributed by atoms with Gasteiger partial charge in [0.25, 0.3) is 0 Å². The van der Waals surface area contributed by atoms with Crippen LogP contribution in [0.15, 0.2) is 12.2 Å². The van der Waals surface area contributed by atoms with Gasteiger partial charge in [0, 0.05) is 13.0 Å². The molecule has 1 aliphatic carbocycles. The zero-order valence-corrected chi connectivity index (χ0v) is 32.6. The van der Waals surface area contributed by atoms with Gasteiger partial charge in [-0.1, -0.05) is 135 Å². The van der Waals surface area contributed by atoms with Crippen LogP contribution in [0.2, 0.25) is 0 Å². The van der Waals surface area contributed by atoms with E-state index in [-0.39, 0.29) is 13.0 Å². The number of allylic oxidation sites excluding steroid dienone is 2. The van der Waals surface area contributed by atoms with Crippen molar-refractivity contribution < 1.29 is 58.3 Å². The third kappa shape index (κ3) is 23.5. The fourth-order valence-corrected chi connectivity index (χ4v) is 7.09. The molecule has 51 heavy (non-hydrogen) atoms. The van der Waals surface area contributed by atoms with Crippen LogP contribution in [0, 0.1) is 0 Å². The number of rotatable bonds is 33. The maximum absolute atomic E-state index is 12.7. The Morgan fingerprint density at radius 2 is 1.08 bits per heavy atom. The van der Waals surface area contributed by atoms with E-state index in [9.17, 15) is 39.8 Å². The summed E-state index contributed by atoms with van der Waals surface area (Å²) < 4.78 is 34.0. The number of phosphoric acid groups is 1. The Hall–Kier alpha value is -0.920. The van der Waals surface area contributed by atoms with Crippen LogP contribution >= 0.6 is 7.82 Å². The molecule has 0 aromatic heterocycles. The van der Waals surface area contributed by atoms with E-state index in [2.05, 4.69) is 26.0 Å². The second kappa shape index (κ2) is 30.4. The van der Waals surface area contributed by atoms with Crippen LogP contribution in [0.1, 0.15) is 162 Å². The van der Waals surface area contributed by atoms with E-state index in [1.165, 1.54) is 70.6 Å². The van der Waals surface area contributed by atoms with Crippen LogP contribution in [-0.2, 0) is 27.9 Å². The fraction of sp³-hybridized carbons (Fsp3) is 0.921. The monoisotopic (exact) mass is 752 g/mol. The highest BCUT2D eigenvalue weighted by Crippen LogP contribution is 2.47. The van der Waals surface area contributed by atoms with E-state index in [4.69, 9.17) is 18.5 Å². The van der Waals surface area contributed by atoms with E-state index in [1.807, 2.05) is 0 Å². The molecule has 6 unspecified atom stereocenters. The number of esters is 1. The molecule has 1 rings (SSSR count). The van der Waals surface area contributed by atoms with Gasteiger partial charge in [-0.3, -0.25) is 13.8 Å². The topological polar surface area (TPSA) is 192 Å². The van der Waals surface area contributed by atoms with Crippen molar-refractivity contribution in [2.24, 2.45) is 0 Å². The van der Waals surface area contributed by atoms with Gasteiger partial charge in [-0.15, -0.1) is 0 Å². The summed E-state index contributed by atoms with van der Waals surface area (Å²) in [4.78, 5) is 23.0. The number of aliphatic hydroxyl groups excluding tert-OH is 5. The average molecular weight is 753 g/mol. The molecule has 0 aromatic carbocycles. The molecular weight excluding hydrogens is 679 g/mol. The molecule has 0 amide bonds. The summed E-state index contributed by atoms with van der Waals surface area (Å²) in [6.45, 7) is 4.17. The summed E-state index contributed by atoms with van der Waals surface area (Å²) in [5.41, 5.74) is 0. The van der Waals surface area contributed by atoms with Crippen LogP contribution in [0.3, 0.4) is 0 Å². The van der Waals surface area contributed by atoms with Crippen LogP contribution < -0.4 is 0 Å². The maximum atomic E-state index is 12.7. The van der Waals surface area contributed by atoms with Gasteiger partial charge in [-0.2, -0.15) is 0 Å². The van der Waals surface area contributed by atoms with Crippen molar-refractivity contribution in [1.82, 2.24) is 0 Å². The molecular formula is C38H73O12P. The Bertz CT molecular complexity index is 905. The van der Waals surface area contributed by atoms with E-state index < -0.39 is 63.1 Å². The molecule has 0 spiro atoms. The zero-order valence-electron chi connectivity index (χ0n) is 31.7. The Morgan fingerprint density at radius 1 is 0.608 bits per heavy atom. The van der Waals surface area contributed by atoms with E-state index in [1.54, 1.807) is 0 Å². The second-order valence-electron chi connectivity index (χ2n) is 14.1. The lowest BCUT2D eigenvalue weighted by Crippen LogP contribution is -2.64. The lowest BCUT2D eigenvalue weighted by atomic mass is 9.85. The maximum Gasteiger partial charge on any atom is 0.472 e. The smallest absolute Gasteiger partial charge is 0.457 e. The van der Waals surface area contributed by atoms with Crippen molar-refractivity contribution in [3.8, 4) is 0 Å². The fourth-order valence-electron chi connectivity index (χ4n) is 6.12. The molecule has 12 nitrogen and oxygen atoms in total. The SMILES string of the molecule is CCC/C=C\CCCCCCCC(=O)OC(COCCCCCCCCCCCCCCCC)COP(=O)(O)OC1C(O)C(O)C(O)C(O)C1O. The molecule has 0 heterocycles. The molecule has 1 aliphatic rings. The lowest BCUT2D eigenvalue weighted by molar-refractivity contribution is -0.220. The summed E-state index contributed by atoms with van der Waals surface area (Å²) in [6, 6.07) is 0. The minimum Gasteiger partial charge on any atom is -0.457 e. The van der Waals surface area contributed by atoms with E-state index >= 15 is 0 Å². The Balaban J connectivity index is 2.45. The summed E-state index contributed by atoms with van der Waals surface area (Å²) >= 11 is 0. The molecule has 1 fully saturated rings. The molecule has 6 atom stereocenters. The first-order valence-corrected chi connectivity index (χ1v) is 21.5. The lowest BCUT2D eigenvalue weighted by Gasteiger charge is -2.41. The third-order valence-corrected chi connectivity index (χ3v) is 10.4. The summed E-state index contributed by atoms with van der Waals surface area (Å²) in [5.74, 6) is -0.488. The van der Waals surface area contributed by atoms with Gasteiger partial charge in [0.05, 0.1) is 13.2 Å². The Kier molecular flexibility index (Phi) is 28.7. The Morgan fingerprint density at radius 3 is 1.63 bits per heavy atom. The quantitative estimate of drug-likeness (QED) is 0.0178. The first-order chi connectivity index (χ1) is 24.5. The average Bonchev–Trinajstić information content (AvgIpc) is 3.11. The normalized spacial score (nSPS) is 24.2. The van der Waals surface area contributed by atoms with Crippen molar-refractivity contribution in [3.05, 3.63) is 12.2 Å². The minimum atomic E-state index is -5.00. The molecule has 1 saturated carbocycles. The van der Waals surface area contributed by atoms with Crippen molar-refractivity contribution >= 4 is 13.8 Å². The molecule has 0 saturated heterocycles. The van der Waals surface area contributed by atoms with Crippen LogP contribution in [0.25, 0.3) is 0 Å². The standard InChI is InChI=1S/C38H73O12P/c1-3-5-7-9-11-13-15-16-17-18-20-22-24-26-28-47-29-31(49-32(39)27-25-23-21-19-14-12-10-8-6-4-2)30-48-51(45,46)50-38-36(43)34(41)33(40)35(42)37(38)44/h8,10,31,33-38,40-44H,3-7,9,11-30H2,1-2H3,(H,45,46)/b10-8-. The summed E-state index contributed by atoms with van der Waals surface area (Å²) in [5, 5.41) is 49.9. The van der Waals surface area contributed by atoms with Gasteiger partial charge in [0.1, 0.15) is 42.7 Å². The number of phosphoric ester groups is 1. The van der Waals surface area contributed by atoms with Crippen molar-refractivity contribution in [2.45, 2.75) is 204 Å². The van der Waals surface area contributed by atoms with Gasteiger partial charge >= 0.3 is 13.8 Å². The minimum absolute atomic E-state index is 0.0754. The van der Waals surface area contributed by atoms with Crippen molar-refractivity contribution in [3.63, 3.8) is 0 Å². The third-order valence-electron chi connectivity index (χ3n) is 9.37. The molecule has 6 N–H and O–H groups in total. The molecule has 0 aromatic rings. The summed E-state index contributed by atoms with van der Waals surface area (Å²) in [6.07, 6.45) is 17.3. The number of unbranched alkanes of at least 4 members (excludes halogenated alkanes) is 19. The first kappa shape index (κ1) is 48.1. The molecule has 0 bridgehead atoms. The largest absolute Gasteiger partial charge is 0.472 e. The van der Waals surface area contributed by atoms with Crippen LogP contribution in [0.4, 0.5) is 0 Å². The molecule has 0 radical (unpaired) electrons. The van der Waals surface area contributed by atoms with Gasteiger partial charge in [-0.25, -0.2) is 4.57 Å². The molecule has 13 heteroatoms. The number of ether oxygens (including phenoxy) is 2. The first-order valence-electron chi connectivity index (χ1n) is 20.0. The van der Waals surface area contributed by atoms with Crippen LogP contribution in [0.5, 0.6) is 0 Å². The van der Waals surface area contributed by atoms with Gasteiger partial charge in [-0.05, 0) is 32.1 Å². The highest BCUT2D eigenvalue weighted by molar-refractivity contribution is 7.47. The number of hydrogen-bond donors (Lipinski definition) is 6. The van der Waals surface area contributed by atoms with E-state index in [0.717, 1.165) is 64.2 Å². The number of carbonyl (C=O) groups excluding carboxylic acids is 1. The zero-order chi connectivity index (χ0) is 37.7. The highest BCUT2D eigenvalue weighted by Gasteiger charge is 2.51.